The molecule has 4 N–H and O–H groups in total. The molecule has 3 aromatic rings. The molecule has 4 rings (SSSR count). The monoisotopic (exact) mass is 552 g/mol. The number of aromatic carboxylic acids is 1. The summed E-state index contributed by atoms with van der Waals surface area (Å²) in [5.74, 6) is -2.04. The second-order valence-corrected chi connectivity index (χ2v) is 9.90. The Hall–Kier alpha value is -3.77. The summed E-state index contributed by atoms with van der Waals surface area (Å²) in [6, 6.07) is 17.5. The number of nitrogens with one attached hydrogen (secondary N) is 1. The van der Waals surface area contributed by atoms with Gasteiger partial charge in [0.15, 0.2) is 6.29 Å². The van der Waals surface area contributed by atoms with Gasteiger partial charge in [0.2, 0.25) is 5.91 Å². The van der Waals surface area contributed by atoms with Crippen molar-refractivity contribution in [2.75, 3.05) is 11.1 Å². The zero-order chi connectivity index (χ0) is 27.8. The molecule has 204 valence electrons. The highest BCUT2D eigenvalue weighted by Crippen LogP contribution is 2.39. The predicted molar refractivity (Wildman–Crippen MR) is 142 cm³/mol. The van der Waals surface area contributed by atoms with Gasteiger partial charge in [-0.1, -0.05) is 36.4 Å². The first-order valence-corrected chi connectivity index (χ1v) is 13.2. The third kappa shape index (κ3) is 7.87. The molecule has 0 saturated carbocycles. The van der Waals surface area contributed by atoms with Crippen LogP contribution in [0.15, 0.2) is 71.9 Å². The van der Waals surface area contributed by atoms with Gasteiger partial charge in [0.05, 0.1) is 30.8 Å². The molecule has 0 bridgehead atoms. The second kappa shape index (κ2) is 13.3. The Labute approximate surface area is 229 Å². The van der Waals surface area contributed by atoms with Crippen molar-refractivity contribution in [2.45, 2.75) is 49.4 Å². The maximum absolute atomic E-state index is 12.0. The minimum absolute atomic E-state index is 0.0635. The van der Waals surface area contributed by atoms with Crippen LogP contribution in [0.2, 0.25) is 0 Å². The van der Waals surface area contributed by atoms with E-state index in [0.717, 1.165) is 11.1 Å². The summed E-state index contributed by atoms with van der Waals surface area (Å²) in [6.45, 7) is -0.0635. The largest absolute Gasteiger partial charge is 0.481 e. The average molecular weight is 553 g/mol. The Kier molecular flexibility index (Phi) is 9.66. The molecular formula is C28H28N2O8S. The number of thioether (sulfide) groups is 1. The van der Waals surface area contributed by atoms with Crippen molar-refractivity contribution in [3.05, 3.63) is 89.1 Å². The van der Waals surface area contributed by atoms with E-state index in [1.165, 1.54) is 17.8 Å². The quantitative estimate of drug-likeness (QED) is 0.251. The zero-order valence-electron chi connectivity index (χ0n) is 20.9. The lowest BCUT2D eigenvalue weighted by molar-refractivity contribution is -0.245. The SMILES string of the molecule is O=C(O)CCC(=O)Nc1ccc(C2OC(CSc3ncccc3C(=O)O)CC(c3ccc(CO)cc3)O2)cc1. The van der Waals surface area contributed by atoms with E-state index in [1.807, 2.05) is 24.3 Å². The first-order valence-electron chi connectivity index (χ1n) is 12.3. The van der Waals surface area contributed by atoms with Crippen LogP contribution in [0.3, 0.4) is 0 Å². The summed E-state index contributed by atoms with van der Waals surface area (Å²) in [6.07, 6.45) is 0.356. The van der Waals surface area contributed by atoms with E-state index in [2.05, 4.69) is 10.3 Å². The summed E-state index contributed by atoms with van der Waals surface area (Å²) in [5.41, 5.74) is 3.07. The number of anilines is 1. The molecule has 1 amide bonds. The van der Waals surface area contributed by atoms with Gasteiger partial charge in [0.1, 0.15) is 5.03 Å². The fourth-order valence-electron chi connectivity index (χ4n) is 4.03. The van der Waals surface area contributed by atoms with Crippen LogP contribution >= 0.6 is 11.8 Å². The second-order valence-electron chi connectivity index (χ2n) is 8.89. The first kappa shape index (κ1) is 28.2. The fraction of sp³-hybridized carbons (Fsp3) is 0.286. The number of carbonyl (C=O) groups is 3. The van der Waals surface area contributed by atoms with Crippen molar-refractivity contribution in [3.8, 4) is 0 Å². The van der Waals surface area contributed by atoms with Gasteiger partial charge in [-0.25, -0.2) is 9.78 Å². The fourth-order valence-corrected chi connectivity index (χ4v) is 5.04. The molecule has 1 aliphatic heterocycles. The molecule has 1 aromatic heterocycles. The van der Waals surface area contributed by atoms with E-state index in [-0.39, 0.29) is 37.2 Å². The third-order valence-electron chi connectivity index (χ3n) is 6.05. The van der Waals surface area contributed by atoms with E-state index in [4.69, 9.17) is 14.6 Å². The summed E-state index contributed by atoms with van der Waals surface area (Å²) in [7, 11) is 0. The predicted octanol–water partition coefficient (Wildman–Crippen LogP) is 4.41. The smallest absolute Gasteiger partial charge is 0.338 e. The Morgan fingerprint density at radius 1 is 0.949 bits per heavy atom. The summed E-state index contributed by atoms with van der Waals surface area (Å²) in [4.78, 5) is 38.5. The number of nitrogens with zero attached hydrogens (tertiary/aromatic N) is 1. The number of aliphatic hydroxyl groups is 1. The van der Waals surface area contributed by atoms with E-state index < -0.39 is 24.1 Å². The molecule has 39 heavy (non-hydrogen) atoms. The van der Waals surface area contributed by atoms with Gasteiger partial charge in [0, 0.05) is 36.0 Å². The van der Waals surface area contributed by atoms with Crippen LogP contribution in [-0.4, -0.2) is 50.0 Å². The van der Waals surface area contributed by atoms with Crippen molar-refractivity contribution in [1.29, 1.82) is 0 Å². The molecule has 1 saturated heterocycles. The molecule has 3 atom stereocenters. The van der Waals surface area contributed by atoms with Crippen molar-refractivity contribution >= 4 is 35.3 Å². The number of amides is 1. The average Bonchev–Trinajstić information content (AvgIpc) is 2.95. The van der Waals surface area contributed by atoms with E-state index >= 15 is 0 Å². The van der Waals surface area contributed by atoms with Crippen LogP contribution < -0.4 is 5.32 Å². The number of aromatic nitrogens is 1. The van der Waals surface area contributed by atoms with Crippen LogP contribution in [-0.2, 0) is 25.7 Å². The normalized spacial score (nSPS) is 18.8. The number of aliphatic hydroxyl groups excluding tert-OH is 1. The van der Waals surface area contributed by atoms with Crippen LogP contribution in [0.5, 0.6) is 0 Å². The van der Waals surface area contributed by atoms with E-state index in [9.17, 15) is 24.6 Å². The van der Waals surface area contributed by atoms with Gasteiger partial charge >= 0.3 is 11.9 Å². The van der Waals surface area contributed by atoms with Gasteiger partial charge in [-0.05, 0) is 35.4 Å². The van der Waals surface area contributed by atoms with E-state index in [1.54, 1.807) is 36.5 Å². The Morgan fingerprint density at radius 2 is 1.67 bits per heavy atom. The molecule has 1 fully saturated rings. The highest BCUT2D eigenvalue weighted by atomic mass is 32.2. The van der Waals surface area contributed by atoms with Gasteiger partial charge in [0.25, 0.3) is 0 Å². The lowest BCUT2D eigenvalue weighted by Crippen LogP contribution is -2.31. The molecule has 0 spiro atoms. The maximum Gasteiger partial charge on any atom is 0.338 e. The van der Waals surface area contributed by atoms with Crippen molar-refractivity contribution in [2.24, 2.45) is 0 Å². The van der Waals surface area contributed by atoms with Crippen molar-refractivity contribution in [3.63, 3.8) is 0 Å². The number of rotatable bonds is 11. The van der Waals surface area contributed by atoms with Crippen molar-refractivity contribution < 1.29 is 39.2 Å². The number of benzene rings is 2. The Morgan fingerprint density at radius 3 is 2.33 bits per heavy atom. The molecule has 11 heteroatoms. The van der Waals surface area contributed by atoms with Gasteiger partial charge in [-0.2, -0.15) is 0 Å². The minimum atomic E-state index is -1.05. The molecule has 2 aromatic carbocycles. The molecule has 2 heterocycles. The van der Waals surface area contributed by atoms with Gasteiger partial charge < -0.3 is 30.1 Å². The summed E-state index contributed by atoms with van der Waals surface area (Å²) in [5, 5.41) is 30.7. The van der Waals surface area contributed by atoms with Crippen LogP contribution in [0, 0.1) is 0 Å². The number of aliphatic carboxylic acids is 1. The summed E-state index contributed by atoms with van der Waals surface area (Å²) < 4.78 is 12.6. The topological polar surface area (TPSA) is 155 Å². The van der Waals surface area contributed by atoms with Crippen molar-refractivity contribution in [1.82, 2.24) is 4.98 Å². The summed E-state index contributed by atoms with van der Waals surface area (Å²) >= 11 is 1.30. The number of carboxylic acid groups (broad SMARTS) is 2. The number of carbonyl (C=O) groups excluding carboxylic acids is 1. The molecule has 3 unspecified atom stereocenters. The number of pyridine rings is 1. The van der Waals surface area contributed by atoms with Crippen LogP contribution in [0.1, 0.15) is 58.7 Å². The van der Waals surface area contributed by atoms with Gasteiger partial charge in [-0.3, -0.25) is 9.59 Å². The number of hydrogen-bond donors (Lipinski definition) is 4. The highest BCUT2D eigenvalue weighted by molar-refractivity contribution is 7.99. The lowest BCUT2D eigenvalue weighted by atomic mass is 10.0. The zero-order valence-corrected chi connectivity index (χ0v) is 21.7. The van der Waals surface area contributed by atoms with Gasteiger partial charge in [-0.15, -0.1) is 11.8 Å². The molecule has 0 aliphatic carbocycles. The Balaban J connectivity index is 1.49. The molecule has 10 nitrogen and oxygen atoms in total. The standard InChI is InChI=1S/C28H28N2O8S/c31-15-17-3-5-18(6-4-17)23-14-21(16-39-26-22(27(35)36)2-1-13-29-26)37-28(38-23)19-7-9-20(10-8-19)30-24(32)11-12-25(33)34/h1-10,13,21,23,28,31H,11-12,14-16H2,(H,30,32)(H,33,34)(H,35,36). The molecular weight excluding hydrogens is 524 g/mol. The van der Waals surface area contributed by atoms with E-state index in [0.29, 0.717) is 28.5 Å². The molecule has 0 radical (unpaired) electrons. The van der Waals surface area contributed by atoms with Crippen LogP contribution in [0.25, 0.3) is 0 Å². The maximum atomic E-state index is 12.0. The minimum Gasteiger partial charge on any atom is -0.481 e. The lowest BCUT2D eigenvalue weighted by Gasteiger charge is -2.36. The number of ether oxygens (including phenoxy) is 2. The third-order valence-corrected chi connectivity index (χ3v) is 7.19. The first-order chi connectivity index (χ1) is 18.8. The number of carboxylic acids is 2. The highest BCUT2D eigenvalue weighted by Gasteiger charge is 2.32. The van der Waals surface area contributed by atoms with Crippen LogP contribution in [0.4, 0.5) is 5.69 Å². The Bertz CT molecular complexity index is 1300. The molecule has 1 aliphatic rings. The number of hydrogen-bond acceptors (Lipinski definition) is 8.